The molecule has 0 bridgehead atoms. The van der Waals surface area contributed by atoms with Gasteiger partial charge in [0, 0.05) is 47.9 Å². The maximum atomic E-state index is 12.2. The van der Waals surface area contributed by atoms with E-state index in [0.29, 0.717) is 24.6 Å². The van der Waals surface area contributed by atoms with Gasteiger partial charge in [0.15, 0.2) is 0 Å². The Morgan fingerprint density at radius 1 is 1.03 bits per heavy atom. The third-order valence-corrected chi connectivity index (χ3v) is 5.40. The average Bonchev–Trinajstić information content (AvgIpc) is 2.84. The largest absolute Gasteiger partial charge is 0.496 e. The number of morpholine rings is 1. The molecule has 2 aromatic carbocycles. The normalized spacial score (nSPS) is 13.8. The lowest BCUT2D eigenvalue weighted by Crippen LogP contribution is -2.36. The van der Waals surface area contributed by atoms with E-state index in [-0.39, 0.29) is 5.63 Å². The molecule has 0 atom stereocenters. The Kier molecular flexibility index (Phi) is 5.43. The van der Waals surface area contributed by atoms with E-state index in [2.05, 4.69) is 20.2 Å². The minimum atomic E-state index is -0.378. The molecule has 1 aliphatic rings. The first-order valence-electron chi connectivity index (χ1n) is 10.3. The zero-order valence-corrected chi connectivity index (χ0v) is 17.6. The number of para-hydroxylation sites is 1. The Hall–Kier alpha value is -3.91. The van der Waals surface area contributed by atoms with Gasteiger partial charge in [-0.2, -0.15) is 0 Å². The Morgan fingerprint density at radius 3 is 2.72 bits per heavy atom. The predicted octanol–water partition coefficient (Wildman–Crippen LogP) is 3.84. The first-order valence-corrected chi connectivity index (χ1v) is 10.3. The van der Waals surface area contributed by atoms with Gasteiger partial charge in [-0.25, -0.2) is 14.8 Å². The molecule has 3 heterocycles. The predicted molar refractivity (Wildman–Crippen MR) is 123 cm³/mol. The van der Waals surface area contributed by atoms with Crippen LogP contribution >= 0.6 is 0 Å². The first kappa shape index (κ1) is 20.0. The average molecular weight is 430 g/mol. The monoisotopic (exact) mass is 430 g/mol. The number of benzene rings is 2. The van der Waals surface area contributed by atoms with Crippen LogP contribution in [-0.2, 0) is 4.74 Å². The SMILES string of the molecule is COc1ccccc1-c1cc(Nc2ccc3c(N4CCOCC4)cc(=O)oc3c2)ncn1. The van der Waals surface area contributed by atoms with E-state index >= 15 is 0 Å². The van der Waals surface area contributed by atoms with Crippen molar-refractivity contribution in [3.05, 3.63) is 71.3 Å². The maximum Gasteiger partial charge on any atom is 0.338 e. The number of hydrogen-bond donors (Lipinski definition) is 1. The van der Waals surface area contributed by atoms with E-state index in [4.69, 9.17) is 13.9 Å². The Bertz CT molecular complexity index is 1310. The second-order valence-corrected chi connectivity index (χ2v) is 7.37. The lowest BCUT2D eigenvalue weighted by molar-refractivity contribution is 0.123. The summed E-state index contributed by atoms with van der Waals surface area (Å²) in [4.78, 5) is 23.1. The molecule has 0 unspecified atom stereocenters. The lowest BCUT2D eigenvalue weighted by Gasteiger charge is -2.29. The van der Waals surface area contributed by atoms with Crippen molar-refractivity contribution in [3.63, 3.8) is 0 Å². The molecule has 0 amide bonds. The number of ether oxygens (including phenoxy) is 2. The fourth-order valence-electron chi connectivity index (χ4n) is 3.87. The molecule has 32 heavy (non-hydrogen) atoms. The summed E-state index contributed by atoms with van der Waals surface area (Å²) >= 11 is 0. The number of fused-ring (bicyclic) bond motifs is 1. The molecule has 5 rings (SSSR count). The van der Waals surface area contributed by atoms with Crippen molar-refractivity contribution in [2.45, 2.75) is 0 Å². The highest BCUT2D eigenvalue weighted by atomic mass is 16.5. The van der Waals surface area contributed by atoms with Crippen molar-refractivity contribution in [2.75, 3.05) is 43.6 Å². The lowest BCUT2D eigenvalue weighted by atomic mass is 10.1. The van der Waals surface area contributed by atoms with E-state index < -0.39 is 0 Å². The van der Waals surface area contributed by atoms with Gasteiger partial charge in [0.25, 0.3) is 0 Å². The molecule has 1 saturated heterocycles. The molecule has 1 N–H and O–H groups in total. The molecule has 8 heteroatoms. The van der Waals surface area contributed by atoms with Crippen LogP contribution in [0.4, 0.5) is 17.2 Å². The van der Waals surface area contributed by atoms with Crippen LogP contribution in [0.3, 0.4) is 0 Å². The number of nitrogens with one attached hydrogen (secondary N) is 1. The molecule has 4 aromatic rings. The standard InChI is InChI=1S/C24H22N4O4/c1-30-21-5-3-2-4-17(21)19-13-23(26-15-25-19)27-16-6-7-18-20(28-8-10-31-11-9-28)14-24(29)32-22(18)12-16/h2-7,12-15H,8-11H2,1H3,(H,25,26,27). The number of rotatable bonds is 5. The van der Waals surface area contributed by atoms with Gasteiger partial charge in [-0.05, 0) is 24.3 Å². The van der Waals surface area contributed by atoms with Gasteiger partial charge < -0.3 is 24.1 Å². The van der Waals surface area contributed by atoms with Crippen LogP contribution in [0, 0.1) is 0 Å². The van der Waals surface area contributed by atoms with Gasteiger partial charge in [0.2, 0.25) is 0 Å². The minimum Gasteiger partial charge on any atom is -0.496 e. The number of aromatic nitrogens is 2. The van der Waals surface area contributed by atoms with Crippen molar-refractivity contribution in [1.82, 2.24) is 9.97 Å². The van der Waals surface area contributed by atoms with E-state index in [1.54, 1.807) is 13.2 Å². The summed E-state index contributed by atoms with van der Waals surface area (Å²) in [5.41, 5.74) is 3.37. The molecule has 2 aromatic heterocycles. The van der Waals surface area contributed by atoms with Crippen molar-refractivity contribution < 1.29 is 13.9 Å². The molecule has 0 radical (unpaired) electrons. The van der Waals surface area contributed by atoms with E-state index in [9.17, 15) is 4.79 Å². The highest BCUT2D eigenvalue weighted by Crippen LogP contribution is 2.31. The van der Waals surface area contributed by atoms with Crippen LogP contribution < -0.4 is 20.6 Å². The molecule has 0 saturated carbocycles. The minimum absolute atomic E-state index is 0.378. The summed E-state index contributed by atoms with van der Waals surface area (Å²) in [6.45, 7) is 2.77. The van der Waals surface area contributed by atoms with Crippen LogP contribution in [0.1, 0.15) is 0 Å². The van der Waals surface area contributed by atoms with E-state index in [1.807, 2.05) is 48.5 Å². The third kappa shape index (κ3) is 4.00. The van der Waals surface area contributed by atoms with Crippen LogP contribution in [0.2, 0.25) is 0 Å². The second kappa shape index (κ2) is 8.68. The summed E-state index contributed by atoms with van der Waals surface area (Å²) < 4.78 is 16.4. The summed E-state index contributed by atoms with van der Waals surface area (Å²) in [5.74, 6) is 1.35. The van der Waals surface area contributed by atoms with Crippen molar-refractivity contribution in [1.29, 1.82) is 0 Å². The van der Waals surface area contributed by atoms with Gasteiger partial charge in [0.1, 0.15) is 23.5 Å². The smallest absolute Gasteiger partial charge is 0.338 e. The second-order valence-electron chi connectivity index (χ2n) is 7.37. The Labute approximate surface area is 184 Å². The van der Waals surface area contributed by atoms with Gasteiger partial charge in [-0.1, -0.05) is 12.1 Å². The molecule has 8 nitrogen and oxygen atoms in total. The zero-order valence-electron chi connectivity index (χ0n) is 17.6. The summed E-state index contributed by atoms with van der Waals surface area (Å²) in [6.07, 6.45) is 1.50. The number of anilines is 3. The molecule has 0 spiro atoms. The molecule has 162 valence electrons. The van der Waals surface area contributed by atoms with E-state index in [1.165, 1.54) is 6.33 Å². The Balaban J connectivity index is 1.47. The number of hydrogen-bond acceptors (Lipinski definition) is 8. The van der Waals surface area contributed by atoms with Crippen molar-refractivity contribution >= 4 is 28.2 Å². The van der Waals surface area contributed by atoms with Gasteiger partial charge in [-0.3, -0.25) is 0 Å². The third-order valence-electron chi connectivity index (χ3n) is 5.40. The molecule has 1 fully saturated rings. The van der Waals surface area contributed by atoms with Gasteiger partial charge >= 0.3 is 5.63 Å². The van der Waals surface area contributed by atoms with Crippen LogP contribution in [0.5, 0.6) is 5.75 Å². The molecule has 1 aliphatic heterocycles. The first-order chi connectivity index (χ1) is 15.7. The van der Waals surface area contributed by atoms with Gasteiger partial charge in [0.05, 0.1) is 31.7 Å². The molecular formula is C24H22N4O4. The highest BCUT2D eigenvalue weighted by molar-refractivity contribution is 5.92. The number of methoxy groups -OCH3 is 1. The maximum absolute atomic E-state index is 12.2. The van der Waals surface area contributed by atoms with Crippen LogP contribution in [0.15, 0.2) is 70.1 Å². The summed E-state index contributed by atoms with van der Waals surface area (Å²) in [5, 5.41) is 4.16. The van der Waals surface area contributed by atoms with Crippen molar-refractivity contribution in [3.8, 4) is 17.0 Å². The quantitative estimate of drug-likeness (QED) is 0.478. The summed E-state index contributed by atoms with van der Waals surface area (Å²) in [6, 6.07) is 16.8. The summed E-state index contributed by atoms with van der Waals surface area (Å²) in [7, 11) is 1.63. The van der Waals surface area contributed by atoms with Gasteiger partial charge in [-0.15, -0.1) is 0 Å². The number of nitrogens with zero attached hydrogens (tertiary/aromatic N) is 3. The van der Waals surface area contributed by atoms with Crippen molar-refractivity contribution in [2.24, 2.45) is 0 Å². The van der Waals surface area contributed by atoms with Crippen LogP contribution in [0.25, 0.3) is 22.2 Å². The topological polar surface area (TPSA) is 89.7 Å². The Morgan fingerprint density at radius 2 is 1.88 bits per heavy atom. The fraction of sp³-hybridized carbons (Fsp3) is 0.208. The highest BCUT2D eigenvalue weighted by Gasteiger charge is 2.16. The van der Waals surface area contributed by atoms with Crippen LogP contribution in [-0.4, -0.2) is 43.4 Å². The zero-order chi connectivity index (χ0) is 21.9. The molecule has 0 aliphatic carbocycles. The van der Waals surface area contributed by atoms with E-state index in [0.717, 1.165) is 46.9 Å². The molecular weight excluding hydrogens is 408 g/mol. The fourth-order valence-corrected chi connectivity index (χ4v) is 3.87.